The summed E-state index contributed by atoms with van der Waals surface area (Å²) in [4.78, 5) is 4.46. The van der Waals surface area contributed by atoms with Gasteiger partial charge in [-0.25, -0.2) is 0 Å². The first kappa shape index (κ1) is 13.7. The topological polar surface area (TPSA) is 43.4 Å². The van der Waals surface area contributed by atoms with Crippen LogP contribution in [0, 0.1) is 6.92 Å². The summed E-state index contributed by atoms with van der Waals surface area (Å²) in [6.45, 7) is 8.26. The molecular weight excluding hydrogens is 216 g/mol. The smallest absolute Gasteiger partial charge is 0.142 e. The number of nitrogens with one attached hydrogen (secondary N) is 1. The Hall–Kier alpha value is -1.39. The van der Waals surface area contributed by atoms with Gasteiger partial charge in [0.15, 0.2) is 0 Å². The summed E-state index contributed by atoms with van der Waals surface area (Å²) >= 11 is 0. The van der Waals surface area contributed by atoms with Crippen molar-refractivity contribution in [3.63, 3.8) is 0 Å². The molecule has 1 heterocycles. The molecule has 0 saturated heterocycles. The van der Waals surface area contributed by atoms with Gasteiger partial charge in [-0.1, -0.05) is 12.7 Å². The number of hydrogen-bond donors (Lipinski definition) is 1. The highest BCUT2D eigenvalue weighted by molar-refractivity contribution is 5.29. The number of hydrogen-bond acceptors (Lipinski definition) is 4. The number of nitrogens with zero attached hydrogens (tertiary/aromatic N) is 1. The SMILES string of the molecule is C=CCOc1ccc(C)nc1CNCCOC. The van der Waals surface area contributed by atoms with Crippen LogP contribution in [0.3, 0.4) is 0 Å². The van der Waals surface area contributed by atoms with Crippen LogP contribution in [-0.2, 0) is 11.3 Å². The van der Waals surface area contributed by atoms with Crippen molar-refractivity contribution in [2.45, 2.75) is 13.5 Å². The zero-order chi connectivity index (χ0) is 12.5. The van der Waals surface area contributed by atoms with Gasteiger partial charge < -0.3 is 14.8 Å². The maximum atomic E-state index is 5.55. The Bertz CT molecular complexity index is 353. The van der Waals surface area contributed by atoms with Crippen LogP contribution in [0.1, 0.15) is 11.4 Å². The highest BCUT2D eigenvalue weighted by Gasteiger charge is 2.04. The molecule has 0 fully saturated rings. The number of aryl methyl sites for hydroxylation is 1. The largest absolute Gasteiger partial charge is 0.488 e. The Morgan fingerprint density at radius 1 is 1.47 bits per heavy atom. The molecule has 4 heteroatoms. The first-order chi connectivity index (χ1) is 8.27. The van der Waals surface area contributed by atoms with Crippen molar-refractivity contribution >= 4 is 0 Å². The minimum absolute atomic E-state index is 0.496. The fourth-order valence-electron chi connectivity index (χ4n) is 1.39. The molecule has 1 rings (SSSR count). The Balaban J connectivity index is 2.59. The Kier molecular flexibility index (Phi) is 6.29. The highest BCUT2D eigenvalue weighted by Crippen LogP contribution is 2.16. The summed E-state index contributed by atoms with van der Waals surface area (Å²) in [5, 5.41) is 3.25. The maximum absolute atomic E-state index is 5.55. The third-order valence-corrected chi connectivity index (χ3v) is 2.20. The van der Waals surface area contributed by atoms with Crippen molar-refractivity contribution in [1.82, 2.24) is 10.3 Å². The molecule has 0 unspecified atom stereocenters. The van der Waals surface area contributed by atoms with E-state index in [1.807, 2.05) is 19.1 Å². The van der Waals surface area contributed by atoms with E-state index in [0.717, 1.165) is 23.7 Å². The van der Waals surface area contributed by atoms with Gasteiger partial charge >= 0.3 is 0 Å². The van der Waals surface area contributed by atoms with Crippen molar-refractivity contribution in [2.75, 3.05) is 26.9 Å². The van der Waals surface area contributed by atoms with Crippen LogP contribution in [0.25, 0.3) is 0 Å². The summed E-state index contributed by atoms with van der Waals surface area (Å²) in [5.41, 5.74) is 1.91. The molecule has 0 amide bonds. The van der Waals surface area contributed by atoms with Gasteiger partial charge in [0.25, 0.3) is 0 Å². The first-order valence-corrected chi connectivity index (χ1v) is 5.67. The van der Waals surface area contributed by atoms with E-state index in [0.29, 0.717) is 19.8 Å². The van der Waals surface area contributed by atoms with E-state index in [-0.39, 0.29) is 0 Å². The van der Waals surface area contributed by atoms with Crippen LogP contribution in [0.5, 0.6) is 5.75 Å². The lowest BCUT2D eigenvalue weighted by Gasteiger charge is -2.11. The molecule has 0 aliphatic carbocycles. The molecule has 94 valence electrons. The lowest BCUT2D eigenvalue weighted by atomic mass is 10.3. The van der Waals surface area contributed by atoms with E-state index in [2.05, 4.69) is 16.9 Å². The van der Waals surface area contributed by atoms with Crippen LogP contribution in [-0.4, -0.2) is 31.9 Å². The van der Waals surface area contributed by atoms with Gasteiger partial charge in [-0.3, -0.25) is 4.98 Å². The van der Waals surface area contributed by atoms with E-state index in [1.165, 1.54) is 0 Å². The molecule has 0 aliphatic heterocycles. The minimum Gasteiger partial charge on any atom is -0.488 e. The average molecular weight is 236 g/mol. The fraction of sp³-hybridized carbons (Fsp3) is 0.462. The van der Waals surface area contributed by atoms with E-state index < -0.39 is 0 Å². The molecule has 1 aromatic heterocycles. The van der Waals surface area contributed by atoms with Gasteiger partial charge in [0, 0.05) is 25.9 Å². The third-order valence-electron chi connectivity index (χ3n) is 2.20. The van der Waals surface area contributed by atoms with E-state index in [9.17, 15) is 0 Å². The predicted octanol–water partition coefficient (Wildman–Crippen LogP) is 1.69. The lowest BCUT2D eigenvalue weighted by molar-refractivity contribution is 0.199. The monoisotopic (exact) mass is 236 g/mol. The van der Waals surface area contributed by atoms with Crippen LogP contribution in [0.15, 0.2) is 24.8 Å². The molecule has 0 aliphatic rings. The van der Waals surface area contributed by atoms with Crippen molar-refractivity contribution in [3.8, 4) is 5.75 Å². The first-order valence-electron chi connectivity index (χ1n) is 5.67. The zero-order valence-electron chi connectivity index (χ0n) is 10.5. The van der Waals surface area contributed by atoms with Crippen LogP contribution in [0.4, 0.5) is 0 Å². The van der Waals surface area contributed by atoms with Crippen LogP contribution < -0.4 is 10.1 Å². The molecular formula is C13H20N2O2. The normalized spacial score (nSPS) is 10.2. The van der Waals surface area contributed by atoms with Crippen molar-refractivity contribution in [3.05, 3.63) is 36.2 Å². The van der Waals surface area contributed by atoms with Crippen molar-refractivity contribution in [2.24, 2.45) is 0 Å². The second kappa shape index (κ2) is 7.81. The quantitative estimate of drug-likeness (QED) is 0.551. The molecule has 0 spiro atoms. The molecule has 1 N–H and O–H groups in total. The molecule has 17 heavy (non-hydrogen) atoms. The van der Waals surface area contributed by atoms with Gasteiger partial charge in [-0.2, -0.15) is 0 Å². The van der Waals surface area contributed by atoms with E-state index in [4.69, 9.17) is 9.47 Å². The van der Waals surface area contributed by atoms with E-state index >= 15 is 0 Å². The summed E-state index contributed by atoms with van der Waals surface area (Å²) in [6.07, 6.45) is 1.72. The average Bonchev–Trinajstić information content (AvgIpc) is 2.33. The minimum atomic E-state index is 0.496. The zero-order valence-corrected chi connectivity index (χ0v) is 10.5. The van der Waals surface area contributed by atoms with Crippen molar-refractivity contribution < 1.29 is 9.47 Å². The number of ether oxygens (including phenoxy) is 2. The van der Waals surface area contributed by atoms with Crippen LogP contribution in [0.2, 0.25) is 0 Å². The van der Waals surface area contributed by atoms with Crippen molar-refractivity contribution in [1.29, 1.82) is 0 Å². The second-order valence-electron chi connectivity index (χ2n) is 3.67. The Morgan fingerprint density at radius 3 is 3.00 bits per heavy atom. The molecule has 0 aromatic carbocycles. The summed E-state index contributed by atoms with van der Waals surface area (Å²) < 4.78 is 10.5. The number of methoxy groups -OCH3 is 1. The number of rotatable bonds is 8. The standard InChI is InChI=1S/C13H20N2O2/c1-4-8-17-13-6-5-11(2)15-12(13)10-14-7-9-16-3/h4-6,14H,1,7-10H2,2-3H3. The molecule has 0 bridgehead atoms. The van der Waals surface area contributed by atoms with Gasteiger partial charge in [-0.15, -0.1) is 0 Å². The molecule has 1 aromatic rings. The molecule has 0 radical (unpaired) electrons. The highest BCUT2D eigenvalue weighted by atomic mass is 16.5. The predicted molar refractivity (Wildman–Crippen MR) is 68.2 cm³/mol. The number of aromatic nitrogens is 1. The molecule has 0 saturated carbocycles. The van der Waals surface area contributed by atoms with Gasteiger partial charge in [0.1, 0.15) is 12.4 Å². The molecule has 4 nitrogen and oxygen atoms in total. The fourth-order valence-corrected chi connectivity index (χ4v) is 1.39. The lowest BCUT2D eigenvalue weighted by Crippen LogP contribution is -2.20. The van der Waals surface area contributed by atoms with E-state index in [1.54, 1.807) is 13.2 Å². The van der Waals surface area contributed by atoms with Gasteiger partial charge in [0.05, 0.1) is 12.3 Å². The number of pyridine rings is 1. The third kappa shape index (κ3) is 4.97. The van der Waals surface area contributed by atoms with Gasteiger partial charge in [0.2, 0.25) is 0 Å². The summed E-state index contributed by atoms with van der Waals surface area (Å²) in [6, 6.07) is 3.89. The van der Waals surface area contributed by atoms with Gasteiger partial charge in [-0.05, 0) is 19.1 Å². The summed E-state index contributed by atoms with van der Waals surface area (Å²) in [7, 11) is 1.69. The maximum Gasteiger partial charge on any atom is 0.142 e. The Labute approximate surface area is 103 Å². The molecule has 0 atom stereocenters. The second-order valence-corrected chi connectivity index (χ2v) is 3.67. The summed E-state index contributed by atoms with van der Waals surface area (Å²) in [5.74, 6) is 0.806. The Morgan fingerprint density at radius 2 is 2.29 bits per heavy atom. The van der Waals surface area contributed by atoms with Crippen LogP contribution >= 0.6 is 0 Å².